The van der Waals surface area contributed by atoms with Crippen molar-refractivity contribution >= 4 is 41.2 Å². The summed E-state index contributed by atoms with van der Waals surface area (Å²) in [5, 5.41) is 14.7. The number of aromatic nitrogens is 3. The molecular weight excluding hydrogens is 451 g/mol. The van der Waals surface area contributed by atoms with Crippen LogP contribution in [-0.4, -0.2) is 50.7 Å². The van der Waals surface area contributed by atoms with Crippen molar-refractivity contribution < 1.29 is 14.0 Å². The van der Waals surface area contributed by atoms with Gasteiger partial charge in [0.1, 0.15) is 5.82 Å². The Morgan fingerprint density at radius 3 is 2.66 bits per heavy atom. The fourth-order valence-corrected chi connectivity index (χ4v) is 4.59. The van der Waals surface area contributed by atoms with Crippen molar-refractivity contribution in [2.45, 2.75) is 31.8 Å². The molecule has 32 heavy (non-hydrogen) atoms. The number of halogens is 1. The first-order valence-corrected chi connectivity index (χ1v) is 11.6. The fourth-order valence-electron chi connectivity index (χ4n) is 3.64. The Bertz CT molecular complexity index is 1120. The van der Waals surface area contributed by atoms with Gasteiger partial charge in [0.15, 0.2) is 10.6 Å². The van der Waals surface area contributed by atoms with Gasteiger partial charge in [-0.25, -0.2) is 9.18 Å². The second kappa shape index (κ2) is 10.0. The second-order valence-electron chi connectivity index (χ2n) is 7.49. The Morgan fingerprint density at radius 2 is 1.97 bits per heavy atom. The molecule has 1 aliphatic heterocycles. The molecule has 168 valence electrons. The van der Waals surface area contributed by atoms with Gasteiger partial charge >= 0.3 is 6.03 Å². The third kappa shape index (κ3) is 5.40. The van der Waals surface area contributed by atoms with Crippen molar-refractivity contribution in [3.63, 3.8) is 0 Å². The summed E-state index contributed by atoms with van der Waals surface area (Å²) in [6.45, 7) is 1.61. The third-order valence-corrected chi connectivity index (χ3v) is 6.51. The first-order valence-electron chi connectivity index (χ1n) is 10.3. The summed E-state index contributed by atoms with van der Waals surface area (Å²) in [4.78, 5) is 27.7. The molecule has 11 heteroatoms. The van der Waals surface area contributed by atoms with E-state index in [1.165, 1.54) is 24.3 Å². The van der Waals surface area contributed by atoms with Crippen LogP contribution in [0.1, 0.15) is 19.3 Å². The van der Waals surface area contributed by atoms with Crippen LogP contribution >= 0.6 is 23.6 Å². The highest BCUT2D eigenvalue weighted by Gasteiger charge is 2.24. The van der Waals surface area contributed by atoms with Crippen LogP contribution in [-0.2, 0) is 11.3 Å². The van der Waals surface area contributed by atoms with E-state index < -0.39 is 0 Å². The number of piperidine rings is 1. The molecule has 1 fully saturated rings. The number of carbonyl (C=O) groups excluding carboxylic acids is 2. The van der Waals surface area contributed by atoms with Gasteiger partial charge in [0.25, 0.3) is 0 Å². The summed E-state index contributed by atoms with van der Waals surface area (Å²) < 4.78 is 15.3. The first-order chi connectivity index (χ1) is 15.5. The van der Waals surface area contributed by atoms with Crippen molar-refractivity contribution in [2.24, 2.45) is 0 Å². The van der Waals surface area contributed by atoms with Crippen molar-refractivity contribution in [1.29, 1.82) is 0 Å². The first kappa shape index (κ1) is 22.2. The monoisotopic (exact) mass is 474 g/mol. The lowest BCUT2D eigenvalue weighted by Gasteiger charge is -2.32. The number of nitrogens with zero attached hydrogens (tertiary/aromatic N) is 3. The van der Waals surface area contributed by atoms with E-state index >= 15 is 0 Å². The number of amides is 3. The summed E-state index contributed by atoms with van der Waals surface area (Å²) in [7, 11) is 0. The van der Waals surface area contributed by atoms with Gasteiger partial charge in [0.05, 0.1) is 4.88 Å². The van der Waals surface area contributed by atoms with E-state index in [0.29, 0.717) is 49.4 Å². The van der Waals surface area contributed by atoms with Gasteiger partial charge in [0.2, 0.25) is 5.91 Å². The molecule has 0 saturated carbocycles. The van der Waals surface area contributed by atoms with Crippen LogP contribution in [0.25, 0.3) is 10.7 Å². The Kier molecular flexibility index (Phi) is 6.96. The van der Waals surface area contributed by atoms with E-state index in [9.17, 15) is 14.0 Å². The number of carbonyl (C=O) groups is 2. The number of hydrogen-bond donors (Lipinski definition) is 3. The number of urea groups is 1. The fraction of sp³-hybridized carbons (Fsp3) is 0.333. The van der Waals surface area contributed by atoms with Gasteiger partial charge in [-0.2, -0.15) is 5.10 Å². The highest BCUT2D eigenvalue weighted by molar-refractivity contribution is 7.71. The molecule has 3 heterocycles. The highest BCUT2D eigenvalue weighted by Crippen LogP contribution is 2.23. The predicted molar refractivity (Wildman–Crippen MR) is 123 cm³/mol. The lowest BCUT2D eigenvalue weighted by Crippen LogP contribution is -2.47. The number of benzene rings is 1. The molecule has 1 aliphatic rings. The molecule has 0 atom stereocenters. The van der Waals surface area contributed by atoms with Crippen LogP contribution in [0.3, 0.4) is 0 Å². The van der Waals surface area contributed by atoms with E-state index in [0.717, 1.165) is 10.7 Å². The second-order valence-corrected chi connectivity index (χ2v) is 8.83. The number of nitrogens with one attached hydrogen (secondary N) is 3. The summed E-state index contributed by atoms with van der Waals surface area (Å²) in [5.74, 6) is 0.443. The number of hydrogen-bond acceptors (Lipinski definition) is 5. The average molecular weight is 475 g/mol. The minimum absolute atomic E-state index is 0.0209. The Labute approximate surface area is 193 Å². The molecule has 4 rings (SSSR count). The quantitative estimate of drug-likeness (QED) is 0.471. The summed E-state index contributed by atoms with van der Waals surface area (Å²) in [5.41, 5.74) is 0.524. The van der Waals surface area contributed by atoms with Crippen LogP contribution < -0.4 is 10.6 Å². The average Bonchev–Trinajstić information content (AvgIpc) is 3.44. The van der Waals surface area contributed by atoms with Crippen LogP contribution in [0.2, 0.25) is 0 Å². The molecule has 1 saturated heterocycles. The van der Waals surface area contributed by atoms with Crippen molar-refractivity contribution in [2.75, 3.05) is 18.4 Å². The molecular formula is C21H23FN6O2S2. The number of H-pyrrole nitrogens is 1. The van der Waals surface area contributed by atoms with E-state index in [-0.39, 0.29) is 23.8 Å². The lowest BCUT2D eigenvalue weighted by molar-refractivity contribution is -0.132. The van der Waals surface area contributed by atoms with Gasteiger partial charge in [-0.3, -0.25) is 14.5 Å². The number of thiophene rings is 1. The van der Waals surface area contributed by atoms with Crippen molar-refractivity contribution in [3.8, 4) is 10.7 Å². The van der Waals surface area contributed by atoms with Gasteiger partial charge in [-0.05, 0) is 60.8 Å². The summed E-state index contributed by atoms with van der Waals surface area (Å²) >= 11 is 6.89. The molecule has 0 spiro atoms. The van der Waals surface area contributed by atoms with Crippen LogP contribution in [0.5, 0.6) is 0 Å². The van der Waals surface area contributed by atoms with Crippen molar-refractivity contribution in [3.05, 3.63) is 52.4 Å². The molecule has 2 aromatic heterocycles. The SMILES string of the molecule is O=C(Nc1ccc(F)cc1)NC1CCN(C(=O)CCn2c(-c3cccs3)n[nH]c2=S)CC1. The highest BCUT2D eigenvalue weighted by atomic mass is 32.1. The molecule has 1 aromatic carbocycles. The van der Waals surface area contributed by atoms with E-state index in [1.807, 2.05) is 27.0 Å². The molecule has 3 amide bonds. The largest absolute Gasteiger partial charge is 0.342 e. The maximum Gasteiger partial charge on any atom is 0.319 e. The smallest absolute Gasteiger partial charge is 0.319 e. The van der Waals surface area contributed by atoms with Crippen molar-refractivity contribution in [1.82, 2.24) is 25.0 Å². The number of aromatic amines is 1. The zero-order valence-corrected chi connectivity index (χ0v) is 18.8. The van der Waals surface area contributed by atoms with Crippen LogP contribution in [0, 0.1) is 10.6 Å². The Morgan fingerprint density at radius 1 is 1.22 bits per heavy atom. The Hall–Kier alpha value is -3.05. The molecule has 0 unspecified atom stereocenters. The minimum atomic E-state index is -0.356. The Balaban J connectivity index is 1.24. The maximum atomic E-state index is 13.0. The minimum Gasteiger partial charge on any atom is -0.342 e. The summed E-state index contributed by atoms with van der Waals surface area (Å²) in [6.07, 6.45) is 1.68. The zero-order valence-electron chi connectivity index (χ0n) is 17.2. The topological polar surface area (TPSA) is 95.1 Å². The van der Waals surface area contributed by atoms with Gasteiger partial charge in [-0.1, -0.05) is 6.07 Å². The van der Waals surface area contributed by atoms with E-state index in [4.69, 9.17) is 12.2 Å². The molecule has 0 aliphatic carbocycles. The predicted octanol–water partition coefficient (Wildman–Crippen LogP) is 4.01. The third-order valence-electron chi connectivity index (χ3n) is 5.33. The van der Waals surface area contributed by atoms with E-state index in [1.54, 1.807) is 11.3 Å². The van der Waals surface area contributed by atoms with Gasteiger partial charge < -0.3 is 15.5 Å². The molecule has 8 nitrogen and oxygen atoms in total. The number of anilines is 1. The standard InChI is InChI=1S/C21H23FN6O2S2/c22-14-3-5-15(6-4-14)23-20(30)24-16-7-10-27(11-8-16)18(29)9-12-28-19(25-26-21(28)31)17-2-1-13-32-17/h1-6,13,16H,7-12H2,(H,26,31)(H2,23,24,30). The van der Waals surface area contributed by atoms with Gasteiger partial charge in [0, 0.05) is 37.8 Å². The maximum absolute atomic E-state index is 13.0. The molecule has 0 bridgehead atoms. The molecule has 3 N–H and O–H groups in total. The zero-order chi connectivity index (χ0) is 22.5. The molecule has 3 aromatic rings. The van der Waals surface area contributed by atoms with Crippen LogP contribution in [0.4, 0.5) is 14.9 Å². The number of rotatable bonds is 6. The normalized spacial score (nSPS) is 14.3. The van der Waals surface area contributed by atoms with E-state index in [2.05, 4.69) is 20.8 Å². The summed E-state index contributed by atoms with van der Waals surface area (Å²) in [6, 6.07) is 9.16. The molecule has 0 radical (unpaired) electrons. The lowest BCUT2D eigenvalue weighted by atomic mass is 10.0. The van der Waals surface area contributed by atoms with Crippen LogP contribution in [0.15, 0.2) is 41.8 Å². The van der Waals surface area contributed by atoms with Gasteiger partial charge in [-0.15, -0.1) is 11.3 Å². The number of likely N-dealkylation sites (tertiary alicyclic amines) is 1.